The molecule has 0 unspecified atom stereocenters. The lowest BCUT2D eigenvalue weighted by Gasteiger charge is -2.12. The van der Waals surface area contributed by atoms with Crippen LogP contribution in [0.15, 0.2) is 71.5 Å². The number of nitrogens with zero attached hydrogens (tertiary/aromatic N) is 4. The zero-order chi connectivity index (χ0) is 23.8. The van der Waals surface area contributed by atoms with E-state index in [2.05, 4.69) is 22.3 Å². The highest BCUT2D eigenvalue weighted by molar-refractivity contribution is 6.02. The third-order valence-corrected chi connectivity index (χ3v) is 5.95. The molecule has 0 fully saturated rings. The number of carbonyl (C=O) groups excluding carboxylic acids is 1. The van der Waals surface area contributed by atoms with Gasteiger partial charge in [0.1, 0.15) is 0 Å². The van der Waals surface area contributed by atoms with Gasteiger partial charge in [-0.15, -0.1) is 5.10 Å². The number of hydrogen-bond donors (Lipinski definition) is 1. The second-order valence-electron chi connectivity index (χ2n) is 8.55. The van der Waals surface area contributed by atoms with Gasteiger partial charge in [0.2, 0.25) is 11.5 Å². The molecule has 0 aliphatic rings. The van der Waals surface area contributed by atoms with E-state index in [0.29, 0.717) is 17.7 Å². The molecule has 0 saturated carbocycles. The predicted molar refractivity (Wildman–Crippen MR) is 134 cm³/mol. The fraction of sp³-hybridized carbons (Fsp3) is 0.185. The molecule has 2 aromatic heterocycles. The number of benzene rings is 3. The normalized spacial score (nSPS) is 11.3. The van der Waals surface area contributed by atoms with Crippen LogP contribution in [0, 0.1) is 13.8 Å². The first kappa shape index (κ1) is 21.6. The van der Waals surface area contributed by atoms with Crippen molar-refractivity contribution in [2.45, 2.75) is 33.7 Å². The second-order valence-corrected chi connectivity index (χ2v) is 8.55. The molecule has 5 aromatic rings. The van der Waals surface area contributed by atoms with Gasteiger partial charge in [-0.1, -0.05) is 55.0 Å². The summed E-state index contributed by atoms with van der Waals surface area (Å²) >= 11 is 0. The Bertz CT molecular complexity index is 1600. The summed E-state index contributed by atoms with van der Waals surface area (Å²) in [7, 11) is 0. The Hall–Kier alpha value is -4.26. The molecule has 2 heterocycles. The van der Waals surface area contributed by atoms with Crippen molar-refractivity contribution in [2.75, 3.05) is 5.32 Å². The maximum absolute atomic E-state index is 13.5. The number of hydrogen-bond acceptors (Lipinski definition) is 4. The van der Waals surface area contributed by atoms with E-state index in [1.807, 2.05) is 80.6 Å². The van der Waals surface area contributed by atoms with E-state index >= 15 is 0 Å². The number of fused-ring (bicyclic) bond motifs is 3. The monoisotopic (exact) mass is 451 g/mol. The van der Waals surface area contributed by atoms with E-state index in [-0.39, 0.29) is 17.0 Å². The third-order valence-electron chi connectivity index (χ3n) is 5.95. The third kappa shape index (κ3) is 3.96. The van der Waals surface area contributed by atoms with Crippen LogP contribution < -0.4 is 10.9 Å². The lowest BCUT2D eigenvalue weighted by molar-refractivity contribution is 0.101. The van der Waals surface area contributed by atoms with Gasteiger partial charge >= 0.3 is 0 Å². The molecule has 34 heavy (non-hydrogen) atoms. The molecule has 1 N–H and O–H groups in total. The Labute approximate surface area is 196 Å². The van der Waals surface area contributed by atoms with Gasteiger partial charge in [0.15, 0.2) is 0 Å². The molecule has 7 nitrogen and oxygen atoms in total. The van der Waals surface area contributed by atoms with E-state index in [1.54, 1.807) is 4.57 Å². The van der Waals surface area contributed by atoms with Crippen molar-refractivity contribution in [2.24, 2.45) is 0 Å². The molecule has 0 radical (unpaired) electrons. The maximum atomic E-state index is 13.5. The first-order valence-corrected chi connectivity index (χ1v) is 11.3. The highest BCUT2D eigenvalue weighted by Gasteiger charge is 2.19. The highest BCUT2D eigenvalue weighted by Crippen LogP contribution is 2.18. The quantitative estimate of drug-likeness (QED) is 0.426. The number of rotatable bonds is 5. The van der Waals surface area contributed by atoms with Crippen molar-refractivity contribution >= 4 is 28.3 Å². The van der Waals surface area contributed by atoms with Crippen molar-refractivity contribution in [1.29, 1.82) is 0 Å². The summed E-state index contributed by atoms with van der Waals surface area (Å²) in [5.41, 5.74) is 6.25. The van der Waals surface area contributed by atoms with Crippen LogP contribution in [0.5, 0.6) is 0 Å². The van der Waals surface area contributed by atoms with Crippen LogP contribution in [0.25, 0.3) is 16.7 Å². The minimum absolute atomic E-state index is 0.0473. The number of carbonyl (C=O) groups is 1. The second kappa shape index (κ2) is 8.59. The van der Waals surface area contributed by atoms with E-state index < -0.39 is 5.91 Å². The minimum Gasteiger partial charge on any atom is -0.319 e. The molecule has 0 bridgehead atoms. The minimum atomic E-state index is -0.457. The van der Waals surface area contributed by atoms with Crippen molar-refractivity contribution in [1.82, 2.24) is 19.2 Å². The van der Waals surface area contributed by atoms with Crippen molar-refractivity contribution in [3.05, 3.63) is 105 Å². The molecule has 0 aliphatic heterocycles. The van der Waals surface area contributed by atoms with E-state index in [0.717, 1.165) is 34.2 Å². The van der Waals surface area contributed by atoms with E-state index in [9.17, 15) is 9.59 Å². The Morgan fingerprint density at radius 2 is 1.68 bits per heavy atom. The molecule has 170 valence electrons. The number of amides is 1. The van der Waals surface area contributed by atoms with Gasteiger partial charge < -0.3 is 5.32 Å². The molecule has 0 atom stereocenters. The number of nitrogens with one attached hydrogen (secondary N) is 1. The lowest BCUT2D eigenvalue weighted by Crippen LogP contribution is -2.24. The number of anilines is 1. The molecular weight excluding hydrogens is 426 g/mol. The summed E-state index contributed by atoms with van der Waals surface area (Å²) in [6.45, 7) is 6.46. The summed E-state index contributed by atoms with van der Waals surface area (Å²) in [6.07, 6.45) is 0.863. The average Bonchev–Trinajstić information content (AvgIpc) is 3.29. The zero-order valence-corrected chi connectivity index (χ0v) is 19.4. The van der Waals surface area contributed by atoms with Crippen molar-refractivity contribution in [3.8, 4) is 0 Å². The van der Waals surface area contributed by atoms with Gasteiger partial charge in [0.25, 0.3) is 11.5 Å². The maximum Gasteiger partial charge on any atom is 0.296 e. The highest BCUT2D eigenvalue weighted by atomic mass is 16.2. The molecule has 0 spiro atoms. The van der Waals surface area contributed by atoms with Crippen LogP contribution in [0.1, 0.15) is 39.8 Å². The average molecular weight is 452 g/mol. The molecule has 7 heteroatoms. The van der Waals surface area contributed by atoms with Gasteiger partial charge in [0, 0.05) is 5.69 Å². The smallest absolute Gasteiger partial charge is 0.296 e. The fourth-order valence-electron chi connectivity index (χ4n) is 4.06. The molecule has 3 aromatic carbocycles. The van der Waals surface area contributed by atoms with Crippen LogP contribution >= 0.6 is 0 Å². The topological polar surface area (TPSA) is 81.3 Å². The summed E-state index contributed by atoms with van der Waals surface area (Å²) in [6, 6.07) is 21.5. The Morgan fingerprint density at radius 3 is 2.44 bits per heavy atom. The summed E-state index contributed by atoms with van der Waals surface area (Å²) in [5.74, 6) is -0.504. The molecular formula is C27H25N5O2. The van der Waals surface area contributed by atoms with Crippen LogP contribution in [-0.4, -0.2) is 25.1 Å². The van der Waals surface area contributed by atoms with Crippen molar-refractivity contribution < 1.29 is 4.79 Å². The zero-order valence-electron chi connectivity index (χ0n) is 19.4. The molecule has 0 saturated heterocycles. The first-order valence-electron chi connectivity index (χ1n) is 11.3. The van der Waals surface area contributed by atoms with Crippen LogP contribution in [-0.2, 0) is 13.0 Å². The molecule has 1 amide bonds. The predicted octanol–water partition coefficient (Wildman–Crippen LogP) is 4.52. The largest absolute Gasteiger partial charge is 0.319 e. The van der Waals surface area contributed by atoms with Gasteiger partial charge in [-0.05, 0) is 61.2 Å². The Kier molecular flexibility index (Phi) is 5.45. The summed E-state index contributed by atoms with van der Waals surface area (Å²) in [5, 5.41) is 7.25. The molecule has 0 aliphatic carbocycles. The number of aromatic nitrogens is 4. The standard InChI is InChI=1S/C27H25N5O2/c1-4-19-6-5-7-21(15-19)28-26(33)24-29-25-27(34)31(16-20-11-8-17(2)9-12-20)23-14-18(3)10-13-22(23)32(25)30-24/h5-15H,4,16H2,1-3H3,(H,28,33). The summed E-state index contributed by atoms with van der Waals surface area (Å²) < 4.78 is 3.17. The van der Waals surface area contributed by atoms with Crippen LogP contribution in [0.4, 0.5) is 5.69 Å². The van der Waals surface area contributed by atoms with Gasteiger partial charge in [-0.2, -0.15) is 4.98 Å². The van der Waals surface area contributed by atoms with E-state index in [4.69, 9.17) is 0 Å². The first-order chi connectivity index (χ1) is 16.4. The fourth-order valence-corrected chi connectivity index (χ4v) is 4.06. The van der Waals surface area contributed by atoms with Gasteiger partial charge in [0.05, 0.1) is 17.6 Å². The Morgan fingerprint density at radius 1 is 0.912 bits per heavy atom. The molecule has 5 rings (SSSR count). The number of aryl methyl sites for hydroxylation is 3. The van der Waals surface area contributed by atoms with Crippen molar-refractivity contribution in [3.63, 3.8) is 0 Å². The van der Waals surface area contributed by atoms with E-state index in [1.165, 1.54) is 4.52 Å². The SMILES string of the molecule is CCc1cccc(NC(=O)c2nc3c(=O)n(Cc4ccc(C)cc4)c4cc(C)ccc4n3n2)c1. The van der Waals surface area contributed by atoms with Gasteiger partial charge in [-0.3, -0.25) is 14.2 Å². The van der Waals surface area contributed by atoms with Crippen LogP contribution in [0.2, 0.25) is 0 Å². The Balaban J connectivity index is 1.61. The van der Waals surface area contributed by atoms with Crippen LogP contribution in [0.3, 0.4) is 0 Å². The summed E-state index contributed by atoms with van der Waals surface area (Å²) in [4.78, 5) is 30.8. The van der Waals surface area contributed by atoms with Gasteiger partial charge in [-0.25, -0.2) is 4.52 Å². The lowest BCUT2D eigenvalue weighted by atomic mass is 10.1.